The summed E-state index contributed by atoms with van der Waals surface area (Å²) >= 11 is 0. The van der Waals surface area contributed by atoms with E-state index < -0.39 is 0 Å². The minimum atomic E-state index is 0.918. The van der Waals surface area contributed by atoms with Crippen LogP contribution in [-0.4, -0.2) is 17.1 Å². The predicted octanol–water partition coefficient (Wildman–Crippen LogP) is 2.91. The number of benzene rings is 1. The molecule has 1 aromatic heterocycles. The second kappa shape index (κ2) is 4.09. The number of aromatic nitrogens is 2. The summed E-state index contributed by atoms with van der Waals surface area (Å²) in [6, 6.07) is 6.30. The lowest BCUT2D eigenvalue weighted by atomic mass is 10.1. The fourth-order valence-corrected chi connectivity index (χ4v) is 2.29. The first kappa shape index (κ1) is 10.1. The topological polar surface area (TPSA) is 37.9 Å². The highest BCUT2D eigenvalue weighted by Gasteiger charge is 2.16. The van der Waals surface area contributed by atoms with Crippen LogP contribution in [0.1, 0.15) is 23.2 Å². The van der Waals surface area contributed by atoms with Gasteiger partial charge in [-0.3, -0.25) is 0 Å². The van der Waals surface area contributed by atoms with Crippen molar-refractivity contribution in [2.24, 2.45) is 0 Å². The van der Waals surface area contributed by atoms with Gasteiger partial charge in [0.15, 0.2) is 0 Å². The SMILES string of the molecule is COc1ccc2c(c1)C(=Cc1cnc[nH]1)CC2. The zero-order valence-electron chi connectivity index (χ0n) is 9.73. The minimum Gasteiger partial charge on any atom is -0.497 e. The average Bonchev–Trinajstić information content (AvgIpc) is 2.99. The van der Waals surface area contributed by atoms with Crippen LogP contribution in [0.5, 0.6) is 5.75 Å². The monoisotopic (exact) mass is 226 g/mol. The number of aryl methyl sites for hydroxylation is 1. The van der Waals surface area contributed by atoms with Crippen molar-refractivity contribution in [3.63, 3.8) is 0 Å². The molecule has 3 rings (SSSR count). The predicted molar refractivity (Wildman–Crippen MR) is 67.8 cm³/mol. The summed E-state index contributed by atoms with van der Waals surface area (Å²) in [5, 5.41) is 0. The summed E-state index contributed by atoms with van der Waals surface area (Å²) in [6.07, 6.45) is 7.90. The van der Waals surface area contributed by atoms with Gasteiger partial charge in [0.05, 0.1) is 25.3 Å². The molecule has 1 N–H and O–H groups in total. The van der Waals surface area contributed by atoms with E-state index in [1.807, 2.05) is 12.3 Å². The van der Waals surface area contributed by atoms with E-state index in [1.54, 1.807) is 13.4 Å². The van der Waals surface area contributed by atoms with E-state index >= 15 is 0 Å². The molecule has 86 valence electrons. The lowest BCUT2D eigenvalue weighted by molar-refractivity contribution is 0.414. The first-order valence-electron chi connectivity index (χ1n) is 5.73. The van der Waals surface area contributed by atoms with Crippen LogP contribution < -0.4 is 4.74 Å². The molecule has 3 nitrogen and oxygen atoms in total. The first-order chi connectivity index (χ1) is 8.36. The van der Waals surface area contributed by atoms with Crippen molar-refractivity contribution in [1.82, 2.24) is 9.97 Å². The van der Waals surface area contributed by atoms with E-state index in [-0.39, 0.29) is 0 Å². The Morgan fingerprint density at radius 2 is 2.29 bits per heavy atom. The average molecular weight is 226 g/mol. The standard InChI is InChI=1S/C14H14N2O/c1-17-13-5-4-10-2-3-11(14(10)7-13)6-12-8-15-9-16-12/h4-9H,2-3H2,1H3,(H,15,16). The van der Waals surface area contributed by atoms with Crippen molar-refractivity contribution in [2.75, 3.05) is 7.11 Å². The minimum absolute atomic E-state index is 0.918. The second-order valence-corrected chi connectivity index (χ2v) is 4.20. The number of nitrogens with zero attached hydrogens (tertiary/aromatic N) is 1. The molecule has 0 bridgehead atoms. The Kier molecular flexibility index (Phi) is 2.44. The maximum Gasteiger partial charge on any atom is 0.119 e. The van der Waals surface area contributed by atoms with Gasteiger partial charge in [-0.25, -0.2) is 4.98 Å². The van der Waals surface area contributed by atoms with Gasteiger partial charge in [-0.2, -0.15) is 0 Å². The molecule has 0 saturated heterocycles. The Bertz CT molecular complexity index is 556. The molecule has 0 radical (unpaired) electrons. The fraction of sp³-hybridized carbons (Fsp3) is 0.214. The Morgan fingerprint density at radius 3 is 3.06 bits per heavy atom. The zero-order valence-corrected chi connectivity index (χ0v) is 9.73. The number of nitrogens with one attached hydrogen (secondary N) is 1. The van der Waals surface area contributed by atoms with Gasteiger partial charge in [-0.15, -0.1) is 0 Å². The smallest absolute Gasteiger partial charge is 0.119 e. The number of H-pyrrole nitrogens is 1. The van der Waals surface area contributed by atoms with E-state index in [0.29, 0.717) is 0 Å². The zero-order chi connectivity index (χ0) is 11.7. The molecule has 0 spiro atoms. The van der Waals surface area contributed by atoms with Gasteiger partial charge in [0.25, 0.3) is 0 Å². The Labute approximate surface area is 100 Å². The van der Waals surface area contributed by atoms with E-state index in [4.69, 9.17) is 4.74 Å². The van der Waals surface area contributed by atoms with Crippen LogP contribution in [0, 0.1) is 0 Å². The third kappa shape index (κ3) is 1.84. The molecule has 0 aliphatic heterocycles. The summed E-state index contributed by atoms with van der Waals surface area (Å²) in [6.45, 7) is 0. The molecule has 0 atom stereocenters. The Balaban J connectivity index is 2.02. The highest BCUT2D eigenvalue weighted by Crippen LogP contribution is 2.35. The van der Waals surface area contributed by atoms with Gasteiger partial charge in [-0.1, -0.05) is 6.07 Å². The van der Waals surface area contributed by atoms with Gasteiger partial charge in [0, 0.05) is 0 Å². The van der Waals surface area contributed by atoms with Crippen LogP contribution >= 0.6 is 0 Å². The molecule has 0 unspecified atom stereocenters. The molecular formula is C14H14N2O. The van der Waals surface area contributed by atoms with E-state index in [1.165, 1.54) is 16.7 Å². The largest absolute Gasteiger partial charge is 0.497 e. The van der Waals surface area contributed by atoms with Crippen LogP contribution in [0.15, 0.2) is 30.7 Å². The molecule has 1 aliphatic rings. The third-order valence-corrected chi connectivity index (χ3v) is 3.18. The van der Waals surface area contributed by atoms with Crippen LogP contribution in [0.4, 0.5) is 0 Å². The number of hydrogen-bond donors (Lipinski definition) is 1. The van der Waals surface area contributed by atoms with Gasteiger partial charge < -0.3 is 9.72 Å². The number of fused-ring (bicyclic) bond motifs is 1. The molecule has 1 heterocycles. The number of hydrogen-bond acceptors (Lipinski definition) is 2. The molecule has 2 aromatic rings. The van der Waals surface area contributed by atoms with Crippen LogP contribution in [0.3, 0.4) is 0 Å². The number of imidazole rings is 1. The number of allylic oxidation sites excluding steroid dienone is 1. The van der Waals surface area contributed by atoms with Gasteiger partial charge >= 0.3 is 0 Å². The van der Waals surface area contributed by atoms with Crippen molar-refractivity contribution < 1.29 is 4.74 Å². The number of methoxy groups -OCH3 is 1. The summed E-state index contributed by atoms with van der Waals surface area (Å²) in [4.78, 5) is 7.13. The number of rotatable bonds is 2. The lowest BCUT2D eigenvalue weighted by Gasteiger charge is -2.04. The number of aromatic amines is 1. The quantitative estimate of drug-likeness (QED) is 0.855. The fourth-order valence-electron chi connectivity index (χ4n) is 2.29. The van der Waals surface area contributed by atoms with Crippen molar-refractivity contribution in [1.29, 1.82) is 0 Å². The highest BCUT2D eigenvalue weighted by molar-refractivity contribution is 5.85. The molecule has 0 saturated carbocycles. The molecule has 3 heteroatoms. The molecule has 0 amide bonds. The van der Waals surface area contributed by atoms with Crippen molar-refractivity contribution in [2.45, 2.75) is 12.8 Å². The Morgan fingerprint density at radius 1 is 1.35 bits per heavy atom. The number of ether oxygens (including phenoxy) is 1. The lowest BCUT2D eigenvalue weighted by Crippen LogP contribution is -1.86. The van der Waals surface area contributed by atoms with Crippen LogP contribution in [0.2, 0.25) is 0 Å². The maximum atomic E-state index is 5.28. The summed E-state index contributed by atoms with van der Waals surface area (Å²) < 4.78 is 5.28. The maximum absolute atomic E-state index is 5.28. The normalized spacial score (nSPS) is 16.2. The first-order valence-corrected chi connectivity index (χ1v) is 5.73. The second-order valence-electron chi connectivity index (χ2n) is 4.20. The summed E-state index contributed by atoms with van der Waals surface area (Å²) in [5.74, 6) is 0.918. The molecule has 0 fully saturated rings. The van der Waals surface area contributed by atoms with Gasteiger partial charge in [-0.05, 0) is 47.8 Å². The molecule has 1 aromatic carbocycles. The van der Waals surface area contributed by atoms with Crippen molar-refractivity contribution in [3.05, 3.63) is 47.5 Å². The van der Waals surface area contributed by atoms with E-state index in [9.17, 15) is 0 Å². The molecular weight excluding hydrogens is 212 g/mol. The van der Waals surface area contributed by atoms with Gasteiger partial charge in [0.1, 0.15) is 5.75 Å². The van der Waals surface area contributed by atoms with E-state index in [2.05, 4.69) is 28.2 Å². The Hall–Kier alpha value is -2.03. The summed E-state index contributed by atoms with van der Waals surface area (Å²) in [5.41, 5.74) is 5.11. The van der Waals surface area contributed by atoms with Crippen LogP contribution in [0.25, 0.3) is 11.6 Å². The molecule has 1 aliphatic carbocycles. The van der Waals surface area contributed by atoms with Crippen molar-refractivity contribution >= 4 is 11.6 Å². The highest BCUT2D eigenvalue weighted by atomic mass is 16.5. The van der Waals surface area contributed by atoms with Gasteiger partial charge in [0.2, 0.25) is 0 Å². The van der Waals surface area contributed by atoms with Crippen LogP contribution in [-0.2, 0) is 6.42 Å². The van der Waals surface area contributed by atoms with E-state index in [0.717, 1.165) is 24.3 Å². The summed E-state index contributed by atoms with van der Waals surface area (Å²) in [7, 11) is 1.70. The van der Waals surface area contributed by atoms with Crippen molar-refractivity contribution in [3.8, 4) is 5.75 Å². The third-order valence-electron chi connectivity index (χ3n) is 3.18. The molecule has 17 heavy (non-hydrogen) atoms.